The molecule has 0 bridgehead atoms. The molecule has 5 rings (SSSR count). The second-order valence-electron chi connectivity index (χ2n) is 5.92. The average Bonchev–Trinajstić information content (AvgIpc) is 3.31. The Morgan fingerprint density at radius 2 is 1.54 bits per heavy atom. The normalized spacial score (nSPS) is 12.1. The summed E-state index contributed by atoms with van der Waals surface area (Å²) in [6.45, 7) is 0. The molecule has 0 aliphatic rings. The Morgan fingerprint density at radius 3 is 2.38 bits per heavy atom. The van der Waals surface area contributed by atoms with E-state index in [1.807, 2.05) is 65.3 Å². The van der Waals surface area contributed by atoms with Gasteiger partial charge in [0.25, 0.3) is 0 Å². The first-order valence-corrected chi connectivity index (χ1v) is 9.14. The van der Waals surface area contributed by atoms with Gasteiger partial charge in [-0.25, -0.2) is 9.67 Å². The Bertz CT molecular complexity index is 1200. The molecule has 124 valence electrons. The van der Waals surface area contributed by atoms with E-state index in [4.69, 9.17) is 4.98 Å². The van der Waals surface area contributed by atoms with Crippen molar-refractivity contribution in [2.24, 2.45) is 0 Å². The van der Waals surface area contributed by atoms with Gasteiger partial charge < -0.3 is 0 Å². The minimum atomic E-state index is 0.868. The summed E-state index contributed by atoms with van der Waals surface area (Å²) < 4.78 is 3.03. The van der Waals surface area contributed by atoms with Crippen molar-refractivity contribution in [2.45, 2.75) is 0 Å². The minimum absolute atomic E-state index is 0.868. The van der Waals surface area contributed by atoms with E-state index in [1.54, 1.807) is 11.3 Å². The maximum atomic E-state index is 4.83. The molecular weight excluding hydrogens is 340 g/mol. The molecule has 0 spiro atoms. The Morgan fingerprint density at radius 1 is 0.808 bits per heavy atom. The second kappa shape index (κ2) is 6.20. The molecular formula is C21H14N4S. The van der Waals surface area contributed by atoms with E-state index >= 15 is 0 Å². The predicted molar refractivity (Wildman–Crippen MR) is 107 cm³/mol. The second-order valence-corrected chi connectivity index (χ2v) is 6.95. The summed E-state index contributed by atoms with van der Waals surface area (Å²) in [6.07, 6.45) is 2.11. The largest absolute Gasteiger partial charge is 0.234 e. The van der Waals surface area contributed by atoms with Gasteiger partial charge in [-0.05, 0) is 35.9 Å². The third kappa shape index (κ3) is 2.59. The van der Waals surface area contributed by atoms with Crippen LogP contribution in [0.4, 0.5) is 0 Å². The lowest BCUT2D eigenvalue weighted by Gasteiger charge is -2.06. The first-order chi connectivity index (χ1) is 12.9. The molecule has 0 N–H and O–H groups in total. The molecule has 5 aromatic rings. The number of benzene rings is 3. The lowest BCUT2D eigenvalue weighted by Crippen LogP contribution is -2.01. The number of hydrogen-bond donors (Lipinski definition) is 0. The van der Waals surface area contributed by atoms with E-state index in [2.05, 4.69) is 34.6 Å². The molecule has 5 heteroatoms. The Hall–Kier alpha value is -3.31. The highest BCUT2D eigenvalue weighted by Gasteiger charge is 2.15. The van der Waals surface area contributed by atoms with E-state index in [9.17, 15) is 0 Å². The van der Waals surface area contributed by atoms with Gasteiger partial charge in [0.15, 0.2) is 0 Å². The fraction of sp³-hybridized carbons (Fsp3) is 0. The monoisotopic (exact) mass is 354 g/mol. The van der Waals surface area contributed by atoms with Crippen LogP contribution in [0.25, 0.3) is 33.0 Å². The fourth-order valence-electron chi connectivity index (χ4n) is 2.95. The first kappa shape index (κ1) is 15.0. The van der Waals surface area contributed by atoms with Gasteiger partial charge in [-0.15, -0.1) is 16.4 Å². The molecule has 0 atom stereocenters. The SMILES string of the molecule is C(=C(\c1nc2ccccc2s1)n1nnc2ccccc21)/c1ccccc1. The Balaban J connectivity index is 1.77. The van der Waals surface area contributed by atoms with Crippen LogP contribution in [0.3, 0.4) is 0 Å². The van der Waals surface area contributed by atoms with Gasteiger partial charge in [0.05, 0.1) is 15.7 Å². The van der Waals surface area contributed by atoms with Gasteiger partial charge >= 0.3 is 0 Å². The lowest BCUT2D eigenvalue weighted by atomic mass is 10.2. The van der Waals surface area contributed by atoms with Gasteiger partial charge in [0.2, 0.25) is 0 Å². The van der Waals surface area contributed by atoms with E-state index in [1.165, 1.54) is 0 Å². The molecule has 0 fully saturated rings. The molecule has 2 heterocycles. The summed E-state index contributed by atoms with van der Waals surface area (Å²) in [6, 6.07) is 26.4. The zero-order chi connectivity index (χ0) is 17.3. The summed E-state index contributed by atoms with van der Waals surface area (Å²) in [4.78, 5) is 4.83. The highest BCUT2D eigenvalue weighted by atomic mass is 32.1. The molecule has 3 aromatic carbocycles. The smallest absolute Gasteiger partial charge is 0.143 e. The van der Waals surface area contributed by atoms with Crippen LogP contribution < -0.4 is 0 Å². The van der Waals surface area contributed by atoms with Crippen molar-refractivity contribution in [3.05, 3.63) is 89.4 Å². The van der Waals surface area contributed by atoms with Gasteiger partial charge in [0, 0.05) is 0 Å². The summed E-state index contributed by atoms with van der Waals surface area (Å²) >= 11 is 1.66. The molecule has 4 nitrogen and oxygen atoms in total. The molecule has 0 saturated heterocycles. The maximum absolute atomic E-state index is 4.83. The van der Waals surface area contributed by atoms with Crippen LogP contribution in [0.5, 0.6) is 0 Å². The summed E-state index contributed by atoms with van der Waals surface area (Å²) in [5.74, 6) is 0. The zero-order valence-corrected chi connectivity index (χ0v) is 14.6. The molecule has 0 unspecified atom stereocenters. The van der Waals surface area contributed by atoms with Crippen molar-refractivity contribution in [1.82, 2.24) is 20.0 Å². The summed E-state index contributed by atoms with van der Waals surface area (Å²) in [5.41, 5.74) is 4.85. The van der Waals surface area contributed by atoms with Crippen LogP contribution in [-0.4, -0.2) is 20.0 Å². The molecule has 0 amide bonds. The first-order valence-electron chi connectivity index (χ1n) is 8.32. The van der Waals surface area contributed by atoms with Crippen molar-refractivity contribution < 1.29 is 0 Å². The molecule has 0 aliphatic heterocycles. The molecule has 0 aliphatic carbocycles. The van der Waals surface area contributed by atoms with Gasteiger partial charge in [-0.2, -0.15) is 0 Å². The van der Waals surface area contributed by atoms with Gasteiger partial charge in [0.1, 0.15) is 16.2 Å². The van der Waals surface area contributed by atoms with E-state index in [0.29, 0.717) is 0 Å². The van der Waals surface area contributed by atoms with Crippen molar-refractivity contribution in [3.8, 4) is 0 Å². The van der Waals surface area contributed by atoms with Crippen molar-refractivity contribution in [2.75, 3.05) is 0 Å². The average molecular weight is 354 g/mol. The van der Waals surface area contributed by atoms with Crippen molar-refractivity contribution in [3.63, 3.8) is 0 Å². The highest BCUT2D eigenvalue weighted by Crippen LogP contribution is 2.30. The molecule has 0 saturated carbocycles. The number of thiazole rings is 1. The number of aromatic nitrogens is 4. The van der Waals surface area contributed by atoms with Gasteiger partial charge in [-0.3, -0.25) is 0 Å². The Labute approximate surface area is 154 Å². The molecule has 26 heavy (non-hydrogen) atoms. The van der Waals surface area contributed by atoms with Crippen molar-refractivity contribution in [1.29, 1.82) is 0 Å². The third-order valence-corrected chi connectivity index (χ3v) is 5.25. The van der Waals surface area contributed by atoms with Crippen molar-refractivity contribution >= 4 is 44.4 Å². The van der Waals surface area contributed by atoms with E-state index in [0.717, 1.165) is 37.5 Å². The molecule has 2 aromatic heterocycles. The van der Waals surface area contributed by atoms with Crippen LogP contribution in [0, 0.1) is 0 Å². The number of hydrogen-bond acceptors (Lipinski definition) is 4. The van der Waals surface area contributed by atoms with Crippen LogP contribution in [0.2, 0.25) is 0 Å². The zero-order valence-electron chi connectivity index (χ0n) is 13.8. The van der Waals surface area contributed by atoms with Gasteiger partial charge in [-0.1, -0.05) is 59.8 Å². The van der Waals surface area contributed by atoms with Crippen LogP contribution >= 0.6 is 11.3 Å². The third-order valence-electron chi connectivity index (χ3n) is 4.20. The number of rotatable bonds is 3. The highest BCUT2D eigenvalue weighted by molar-refractivity contribution is 7.19. The maximum Gasteiger partial charge on any atom is 0.143 e. The topological polar surface area (TPSA) is 43.6 Å². The predicted octanol–water partition coefficient (Wildman–Crippen LogP) is 5.09. The van der Waals surface area contributed by atoms with E-state index in [-0.39, 0.29) is 0 Å². The molecule has 0 radical (unpaired) electrons. The van der Waals surface area contributed by atoms with Crippen LogP contribution in [0.1, 0.15) is 10.6 Å². The summed E-state index contributed by atoms with van der Waals surface area (Å²) in [7, 11) is 0. The summed E-state index contributed by atoms with van der Waals surface area (Å²) in [5, 5.41) is 9.63. The standard InChI is InChI=1S/C21H14N4S/c1-2-8-15(9-3-1)14-19(21-22-17-11-5-7-13-20(17)26-21)25-18-12-6-4-10-16(18)23-24-25/h1-14H/b19-14-. The van der Waals surface area contributed by atoms with E-state index < -0.39 is 0 Å². The Kier molecular flexibility index (Phi) is 3.57. The van der Waals surface area contributed by atoms with Crippen LogP contribution in [-0.2, 0) is 0 Å². The number of nitrogens with zero attached hydrogens (tertiary/aromatic N) is 4. The fourth-order valence-corrected chi connectivity index (χ4v) is 3.92. The lowest BCUT2D eigenvalue weighted by molar-refractivity contribution is 0.842. The number of fused-ring (bicyclic) bond motifs is 2. The quantitative estimate of drug-likeness (QED) is 0.453. The number of para-hydroxylation sites is 2. The van der Waals surface area contributed by atoms with Crippen LogP contribution in [0.15, 0.2) is 78.9 Å². The minimum Gasteiger partial charge on any atom is -0.234 e.